The van der Waals surface area contributed by atoms with Gasteiger partial charge in [-0.3, -0.25) is 9.59 Å². The molecule has 4 aliphatic rings. The molecule has 3 aromatic rings. The van der Waals surface area contributed by atoms with Crippen molar-refractivity contribution in [1.82, 2.24) is 0 Å². The minimum atomic E-state index is -0.657. The van der Waals surface area contributed by atoms with Gasteiger partial charge in [0.05, 0.1) is 29.7 Å². The lowest BCUT2D eigenvalue weighted by atomic mass is 9.42. The minimum absolute atomic E-state index is 0.209. The van der Waals surface area contributed by atoms with Crippen LogP contribution in [-0.4, -0.2) is 24.4 Å². The van der Waals surface area contributed by atoms with Crippen molar-refractivity contribution in [3.8, 4) is 0 Å². The highest BCUT2D eigenvalue weighted by atomic mass is 16.5. The third-order valence-electron chi connectivity index (χ3n) is 8.28. The predicted molar refractivity (Wildman–Crippen MR) is 128 cm³/mol. The SMILES string of the molecule is CCOC(=O)c1ccccc1N1C(=O)C2C(C1=O)C1(C)c3ccccc3C2(C)c2ccccc21. The Labute approximate surface area is 198 Å². The Morgan fingerprint density at radius 3 is 1.62 bits per heavy atom. The Hall–Kier alpha value is -3.73. The van der Waals surface area contributed by atoms with E-state index in [1.165, 1.54) is 4.90 Å². The summed E-state index contributed by atoms with van der Waals surface area (Å²) in [6, 6.07) is 23.1. The maximum absolute atomic E-state index is 14.2. The molecule has 0 N–H and O–H groups in total. The highest BCUT2D eigenvalue weighted by Crippen LogP contribution is 2.66. The molecule has 1 heterocycles. The van der Waals surface area contributed by atoms with Crippen LogP contribution in [-0.2, 0) is 25.2 Å². The van der Waals surface area contributed by atoms with Gasteiger partial charge in [-0.2, -0.15) is 0 Å². The van der Waals surface area contributed by atoms with Gasteiger partial charge in [0.15, 0.2) is 0 Å². The number of carbonyl (C=O) groups excluding carboxylic acids is 3. The number of rotatable bonds is 3. The summed E-state index contributed by atoms with van der Waals surface area (Å²) in [5.74, 6) is -2.19. The van der Waals surface area contributed by atoms with Gasteiger partial charge < -0.3 is 4.74 Å². The Balaban J connectivity index is 1.60. The third-order valence-corrected chi connectivity index (χ3v) is 8.28. The zero-order chi connectivity index (χ0) is 23.8. The zero-order valence-corrected chi connectivity index (χ0v) is 19.4. The van der Waals surface area contributed by atoms with Gasteiger partial charge in [0.1, 0.15) is 0 Å². The molecule has 0 spiro atoms. The molecule has 7 rings (SSSR count). The van der Waals surface area contributed by atoms with Crippen LogP contribution < -0.4 is 4.90 Å². The van der Waals surface area contributed by atoms with Crippen molar-refractivity contribution in [1.29, 1.82) is 0 Å². The van der Waals surface area contributed by atoms with Crippen molar-refractivity contribution in [2.24, 2.45) is 11.8 Å². The quantitative estimate of drug-likeness (QED) is 0.431. The number of para-hydroxylation sites is 1. The number of benzene rings is 3. The summed E-state index contributed by atoms with van der Waals surface area (Å²) < 4.78 is 5.22. The molecular weight excluding hydrogens is 426 g/mol. The number of hydrogen-bond donors (Lipinski definition) is 0. The number of anilines is 1. The maximum Gasteiger partial charge on any atom is 0.340 e. The van der Waals surface area contributed by atoms with Crippen molar-refractivity contribution >= 4 is 23.5 Å². The van der Waals surface area contributed by atoms with Crippen molar-refractivity contribution in [3.63, 3.8) is 0 Å². The Bertz CT molecular complexity index is 1270. The summed E-state index contributed by atoms with van der Waals surface area (Å²) >= 11 is 0. The lowest BCUT2D eigenvalue weighted by Gasteiger charge is -2.57. The normalized spacial score (nSPS) is 28.4. The van der Waals surface area contributed by atoms with Gasteiger partial charge in [-0.15, -0.1) is 0 Å². The van der Waals surface area contributed by atoms with Crippen LogP contribution in [0.1, 0.15) is 53.4 Å². The van der Waals surface area contributed by atoms with E-state index < -0.39 is 28.6 Å². The Kier molecular flexibility index (Phi) is 4.22. The van der Waals surface area contributed by atoms with E-state index in [1.54, 1.807) is 31.2 Å². The molecule has 170 valence electrons. The molecule has 3 aliphatic carbocycles. The van der Waals surface area contributed by atoms with E-state index in [4.69, 9.17) is 4.74 Å². The van der Waals surface area contributed by atoms with Gasteiger partial charge in [-0.05, 0) is 41.3 Å². The molecule has 0 radical (unpaired) electrons. The van der Waals surface area contributed by atoms with E-state index in [2.05, 4.69) is 38.1 Å². The van der Waals surface area contributed by atoms with Gasteiger partial charge in [-0.25, -0.2) is 9.69 Å². The van der Waals surface area contributed by atoms with Crippen molar-refractivity contribution in [2.45, 2.75) is 31.6 Å². The van der Waals surface area contributed by atoms with Crippen molar-refractivity contribution in [3.05, 3.63) is 101 Å². The summed E-state index contributed by atoms with van der Waals surface area (Å²) in [7, 11) is 0. The molecule has 1 fully saturated rings. The van der Waals surface area contributed by atoms with Crippen LogP contribution >= 0.6 is 0 Å². The maximum atomic E-state index is 14.2. The summed E-state index contributed by atoms with van der Waals surface area (Å²) in [5.41, 5.74) is 3.59. The molecule has 5 nitrogen and oxygen atoms in total. The van der Waals surface area contributed by atoms with Crippen molar-refractivity contribution < 1.29 is 19.1 Å². The van der Waals surface area contributed by atoms with Gasteiger partial charge in [0.25, 0.3) is 0 Å². The second-order valence-electron chi connectivity index (χ2n) is 9.70. The Morgan fingerprint density at radius 2 is 1.18 bits per heavy atom. The van der Waals surface area contributed by atoms with E-state index in [9.17, 15) is 14.4 Å². The summed E-state index contributed by atoms with van der Waals surface area (Å²) in [5, 5.41) is 0. The molecule has 0 aromatic heterocycles. The first-order chi connectivity index (χ1) is 16.4. The van der Waals surface area contributed by atoms with Crippen LogP contribution in [0.5, 0.6) is 0 Å². The first-order valence-corrected chi connectivity index (χ1v) is 11.7. The fraction of sp³-hybridized carbons (Fsp3) is 0.276. The predicted octanol–water partition coefficient (Wildman–Crippen LogP) is 4.61. The molecule has 2 amide bonds. The van der Waals surface area contributed by atoms with E-state index >= 15 is 0 Å². The van der Waals surface area contributed by atoms with Crippen LogP contribution in [0, 0.1) is 11.8 Å². The fourth-order valence-electron chi connectivity index (χ4n) is 6.86. The molecule has 34 heavy (non-hydrogen) atoms. The second-order valence-corrected chi connectivity index (χ2v) is 9.70. The van der Waals surface area contributed by atoms with Gasteiger partial charge in [0.2, 0.25) is 11.8 Å². The topological polar surface area (TPSA) is 63.7 Å². The third kappa shape index (κ3) is 2.27. The molecule has 2 unspecified atom stereocenters. The molecule has 1 saturated heterocycles. The highest BCUT2D eigenvalue weighted by Gasteiger charge is 2.70. The summed E-state index contributed by atoms with van der Waals surface area (Å²) in [6.45, 7) is 6.12. The molecular formula is C29H25NO4. The largest absolute Gasteiger partial charge is 0.462 e. The van der Waals surface area contributed by atoms with Crippen LogP contribution in [0.25, 0.3) is 0 Å². The number of esters is 1. The monoisotopic (exact) mass is 451 g/mol. The average molecular weight is 452 g/mol. The zero-order valence-electron chi connectivity index (χ0n) is 19.4. The highest BCUT2D eigenvalue weighted by molar-refractivity contribution is 6.25. The average Bonchev–Trinajstić information content (AvgIpc) is 3.13. The lowest BCUT2D eigenvalue weighted by Crippen LogP contribution is -2.59. The van der Waals surface area contributed by atoms with Gasteiger partial charge >= 0.3 is 5.97 Å². The second kappa shape index (κ2) is 6.89. The van der Waals surface area contributed by atoms with Gasteiger partial charge in [0, 0.05) is 10.8 Å². The number of hydrogen-bond acceptors (Lipinski definition) is 4. The minimum Gasteiger partial charge on any atom is -0.462 e. The Morgan fingerprint density at radius 1 is 0.765 bits per heavy atom. The lowest BCUT2D eigenvalue weighted by molar-refractivity contribution is -0.124. The molecule has 3 aromatic carbocycles. The fourth-order valence-corrected chi connectivity index (χ4v) is 6.86. The van der Waals surface area contributed by atoms with E-state index in [0.717, 1.165) is 22.3 Å². The number of nitrogens with zero attached hydrogens (tertiary/aromatic N) is 1. The standard InChI is InChI=1S/C29H25NO4/c1-4-34-27(33)17-11-5-10-16-22(17)30-25(31)23-24(26(30)32)29(3)20-14-8-6-12-18(20)28(23,2)19-13-7-9-15-21(19)29/h5-16,23-24H,4H2,1-3H3. The number of ether oxygens (including phenoxy) is 1. The van der Waals surface area contributed by atoms with Crippen LogP contribution in [0.15, 0.2) is 72.8 Å². The number of amides is 2. The van der Waals surface area contributed by atoms with Gasteiger partial charge in [-0.1, -0.05) is 74.5 Å². The number of carbonyl (C=O) groups is 3. The van der Waals surface area contributed by atoms with Crippen LogP contribution in [0.2, 0.25) is 0 Å². The summed E-state index contributed by atoms with van der Waals surface area (Å²) in [6.07, 6.45) is 0. The van der Waals surface area contributed by atoms with E-state index in [0.29, 0.717) is 5.69 Å². The van der Waals surface area contributed by atoms with E-state index in [1.807, 2.05) is 24.3 Å². The molecule has 2 bridgehead atoms. The molecule has 1 aliphatic heterocycles. The smallest absolute Gasteiger partial charge is 0.340 e. The van der Waals surface area contributed by atoms with E-state index in [-0.39, 0.29) is 24.0 Å². The van der Waals surface area contributed by atoms with Crippen molar-refractivity contribution in [2.75, 3.05) is 11.5 Å². The first-order valence-electron chi connectivity index (χ1n) is 11.7. The first kappa shape index (κ1) is 20.8. The summed E-state index contributed by atoms with van der Waals surface area (Å²) in [4.78, 5) is 42.3. The molecule has 0 saturated carbocycles. The van der Waals surface area contributed by atoms with Crippen LogP contribution in [0.4, 0.5) is 5.69 Å². The molecule has 5 heteroatoms. The van der Waals surface area contributed by atoms with Crippen LogP contribution in [0.3, 0.4) is 0 Å². The number of imide groups is 1. The molecule has 2 atom stereocenters.